The van der Waals surface area contributed by atoms with Crippen LogP contribution in [0.2, 0.25) is 0 Å². The summed E-state index contributed by atoms with van der Waals surface area (Å²) in [6, 6.07) is 6.13. The predicted octanol–water partition coefficient (Wildman–Crippen LogP) is 3.13. The minimum absolute atomic E-state index is 0.240. The Hall–Kier alpha value is -1.95. The van der Waals surface area contributed by atoms with Crippen molar-refractivity contribution >= 4 is 17.3 Å². The number of halogens is 1. The van der Waals surface area contributed by atoms with Crippen LogP contribution in [-0.2, 0) is 4.74 Å². The maximum Gasteiger partial charge on any atom is 0.350 e. The van der Waals surface area contributed by atoms with Gasteiger partial charge in [0, 0.05) is 5.56 Å². The maximum atomic E-state index is 13.8. The molecule has 1 heterocycles. The number of methoxy groups -OCH3 is 1. The number of hydrogen-bond acceptors (Lipinski definition) is 5. The first kappa shape index (κ1) is 13.5. The van der Waals surface area contributed by atoms with Gasteiger partial charge in [-0.2, -0.15) is 0 Å². The SMILES string of the molecule is CCOC(=O)c1sc(OC)nc1-c1ccccc1F. The molecule has 0 aliphatic carbocycles. The first-order valence-corrected chi connectivity index (χ1v) is 6.45. The number of rotatable bonds is 4. The molecule has 0 saturated carbocycles. The molecule has 0 saturated heterocycles. The van der Waals surface area contributed by atoms with E-state index in [1.807, 2.05) is 0 Å². The van der Waals surface area contributed by atoms with E-state index < -0.39 is 11.8 Å². The van der Waals surface area contributed by atoms with E-state index in [2.05, 4.69) is 4.98 Å². The van der Waals surface area contributed by atoms with Crippen LogP contribution in [0.5, 0.6) is 5.19 Å². The van der Waals surface area contributed by atoms with E-state index in [9.17, 15) is 9.18 Å². The molecular weight excluding hydrogens is 269 g/mol. The van der Waals surface area contributed by atoms with Gasteiger partial charge in [-0.15, -0.1) is 0 Å². The van der Waals surface area contributed by atoms with Crippen LogP contribution in [0.3, 0.4) is 0 Å². The summed E-state index contributed by atoms with van der Waals surface area (Å²) in [5.41, 5.74) is 0.503. The number of ether oxygens (including phenoxy) is 2. The molecule has 2 rings (SSSR count). The molecule has 1 aromatic carbocycles. The van der Waals surface area contributed by atoms with Crippen molar-refractivity contribution in [3.8, 4) is 16.5 Å². The Balaban J connectivity index is 2.53. The first-order valence-electron chi connectivity index (χ1n) is 5.64. The zero-order valence-electron chi connectivity index (χ0n) is 10.5. The number of aromatic nitrogens is 1. The zero-order valence-corrected chi connectivity index (χ0v) is 11.3. The van der Waals surface area contributed by atoms with Crippen LogP contribution in [0, 0.1) is 5.82 Å². The molecule has 0 unspecified atom stereocenters. The van der Waals surface area contributed by atoms with E-state index in [1.165, 1.54) is 13.2 Å². The first-order chi connectivity index (χ1) is 9.17. The van der Waals surface area contributed by atoms with Crippen molar-refractivity contribution in [1.29, 1.82) is 0 Å². The van der Waals surface area contributed by atoms with Crippen molar-refractivity contribution in [1.82, 2.24) is 4.98 Å². The van der Waals surface area contributed by atoms with Crippen LogP contribution >= 0.6 is 11.3 Å². The van der Waals surface area contributed by atoms with E-state index in [0.717, 1.165) is 11.3 Å². The molecule has 2 aromatic rings. The largest absolute Gasteiger partial charge is 0.473 e. The van der Waals surface area contributed by atoms with Crippen LogP contribution in [0.1, 0.15) is 16.6 Å². The third kappa shape index (κ3) is 2.73. The van der Waals surface area contributed by atoms with Gasteiger partial charge in [-0.1, -0.05) is 23.5 Å². The van der Waals surface area contributed by atoms with Crippen LogP contribution in [0.15, 0.2) is 24.3 Å². The van der Waals surface area contributed by atoms with Gasteiger partial charge in [0.1, 0.15) is 16.4 Å². The second-order valence-corrected chi connectivity index (χ2v) is 4.52. The van der Waals surface area contributed by atoms with Crippen LogP contribution in [-0.4, -0.2) is 24.7 Å². The molecule has 100 valence electrons. The highest BCUT2D eigenvalue weighted by atomic mass is 32.1. The summed E-state index contributed by atoms with van der Waals surface area (Å²) in [7, 11) is 1.44. The topological polar surface area (TPSA) is 48.4 Å². The molecule has 4 nitrogen and oxygen atoms in total. The highest BCUT2D eigenvalue weighted by Crippen LogP contribution is 2.34. The lowest BCUT2D eigenvalue weighted by molar-refractivity contribution is 0.0532. The number of nitrogens with zero attached hydrogens (tertiary/aromatic N) is 1. The highest BCUT2D eigenvalue weighted by molar-refractivity contribution is 7.15. The van der Waals surface area contributed by atoms with Gasteiger partial charge in [0.2, 0.25) is 0 Å². The van der Waals surface area contributed by atoms with Crippen molar-refractivity contribution in [3.63, 3.8) is 0 Å². The van der Waals surface area contributed by atoms with E-state index in [1.54, 1.807) is 25.1 Å². The molecule has 0 amide bonds. The Morgan fingerprint density at radius 1 is 1.42 bits per heavy atom. The summed E-state index contributed by atoms with van der Waals surface area (Å²) < 4.78 is 23.7. The summed E-state index contributed by atoms with van der Waals surface area (Å²) in [6.07, 6.45) is 0. The molecular formula is C13H12FNO3S. The fourth-order valence-corrected chi connectivity index (χ4v) is 2.35. The summed E-state index contributed by atoms with van der Waals surface area (Å²) >= 11 is 1.04. The number of esters is 1. The third-order valence-electron chi connectivity index (χ3n) is 2.37. The summed E-state index contributed by atoms with van der Waals surface area (Å²) in [5.74, 6) is -0.970. The van der Waals surface area contributed by atoms with Crippen LogP contribution < -0.4 is 4.74 Å². The van der Waals surface area contributed by atoms with E-state index >= 15 is 0 Å². The summed E-state index contributed by atoms with van der Waals surface area (Å²) in [6.45, 7) is 1.95. The molecule has 6 heteroatoms. The van der Waals surface area contributed by atoms with Crippen molar-refractivity contribution in [2.24, 2.45) is 0 Å². The lowest BCUT2D eigenvalue weighted by Gasteiger charge is -2.03. The molecule has 0 aliphatic heterocycles. The Morgan fingerprint density at radius 2 is 2.16 bits per heavy atom. The molecule has 0 radical (unpaired) electrons. The number of hydrogen-bond donors (Lipinski definition) is 0. The van der Waals surface area contributed by atoms with Gasteiger partial charge in [-0.25, -0.2) is 14.2 Å². The lowest BCUT2D eigenvalue weighted by Crippen LogP contribution is -2.04. The van der Waals surface area contributed by atoms with Crippen molar-refractivity contribution < 1.29 is 18.7 Å². The average Bonchev–Trinajstić information content (AvgIpc) is 2.83. The summed E-state index contributed by atoms with van der Waals surface area (Å²) in [4.78, 5) is 16.2. The van der Waals surface area contributed by atoms with Crippen molar-refractivity contribution in [3.05, 3.63) is 35.0 Å². The van der Waals surface area contributed by atoms with Gasteiger partial charge in [0.05, 0.1) is 13.7 Å². The number of benzene rings is 1. The van der Waals surface area contributed by atoms with E-state index in [0.29, 0.717) is 5.19 Å². The predicted molar refractivity (Wildman–Crippen MR) is 70.0 cm³/mol. The quantitative estimate of drug-likeness (QED) is 0.808. The molecule has 0 fully saturated rings. The maximum absolute atomic E-state index is 13.8. The monoisotopic (exact) mass is 281 g/mol. The van der Waals surface area contributed by atoms with E-state index in [4.69, 9.17) is 9.47 Å². The molecule has 19 heavy (non-hydrogen) atoms. The van der Waals surface area contributed by atoms with Gasteiger partial charge in [0.25, 0.3) is 5.19 Å². The number of carbonyl (C=O) groups excluding carboxylic acids is 1. The Labute approximate surface area is 113 Å². The molecule has 0 N–H and O–H groups in total. The van der Waals surface area contributed by atoms with Gasteiger partial charge in [-0.05, 0) is 19.1 Å². The van der Waals surface area contributed by atoms with E-state index in [-0.39, 0.29) is 22.7 Å². The van der Waals surface area contributed by atoms with Crippen molar-refractivity contribution in [2.75, 3.05) is 13.7 Å². The standard InChI is InChI=1S/C13H12FNO3S/c1-3-18-12(16)11-10(15-13(17-2)19-11)8-6-4-5-7-9(8)14/h4-7H,3H2,1-2H3. The number of thiazole rings is 1. The van der Waals surface area contributed by atoms with Gasteiger partial charge < -0.3 is 9.47 Å². The Kier molecular flexibility index (Phi) is 4.11. The zero-order chi connectivity index (χ0) is 13.8. The molecule has 0 spiro atoms. The highest BCUT2D eigenvalue weighted by Gasteiger charge is 2.22. The second-order valence-electron chi connectivity index (χ2n) is 3.56. The minimum Gasteiger partial charge on any atom is -0.473 e. The fraction of sp³-hybridized carbons (Fsp3) is 0.231. The number of carbonyl (C=O) groups is 1. The van der Waals surface area contributed by atoms with Crippen LogP contribution in [0.25, 0.3) is 11.3 Å². The Bertz CT molecular complexity index is 597. The molecule has 0 aliphatic rings. The smallest absolute Gasteiger partial charge is 0.350 e. The third-order valence-corrected chi connectivity index (χ3v) is 3.37. The van der Waals surface area contributed by atoms with Crippen molar-refractivity contribution in [2.45, 2.75) is 6.92 Å². The van der Waals surface area contributed by atoms with Gasteiger partial charge in [0.15, 0.2) is 0 Å². The lowest BCUT2D eigenvalue weighted by atomic mass is 10.1. The molecule has 0 atom stereocenters. The Morgan fingerprint density at radius 3 is 2.79 bits per heavy atom. The van der Waals surface area contributed by atoms with Crippen LogP contribution in [0.4, 0.5) is 4.39 Å². The second kappa shape index (κ2) is 5.79. The average molecular weight is 281 g/mol. The normalized spacial score (nSPS) is 10.3. The molecule has 1 aromatic heterocycles. The summed E-state index contributed by atoms with van der Waals surface area (Å²) in [5, 5.41) is 0.293. The van der Waals surface area contributed by atoms with Gasteiger partial charge in [-0.3, -0.25) is 0 Å². The molecule has 0 bridgehead atoms. The van der Waals surface area contributed by atoms with Gasteiger partial charge >= 0.3 is 5.97 Å². The fourth-order valence-electron chi connectivity index (χ4n) is 1.56. The minimum atomic E-state index is -0.526.